The van der Waals surface area contributed by atoms with Gasteiger partial charge in [0.25, 0.3) is 0 Å². The molecule has 256 valence electrons. The quantitative estimate of drug-likeness (QED) is 0.169. The fourth-order valence-electron chi connectivity index (χ4n) is 7.97. The normalized spacial score (nSPS) is 12.4. The summed E-state index contributed by atoms with van der Waals surface area (Å²) in [7, 11) is 2.16. The lowest BCUT2D eigenvalue weighted by atomic mass is 9.90. The van der Waals surface area contributed by atoms with Crippen LogP contribution in [0, 0.1) is 27.7 Å². The molecule has 4 nitrogen and oxygen atoms in total. The van der Waals surface area contributed by atoms with Crippen molar-refractivity contribution in [2.45, 2.75) is 27.7 Å². The third kappa shape index (κ3) is 6.17. The number of nitrogens with zero attached hydrogens (tertiary/aromatic N) is 4. The topological polar surface area (TPSA) is 41.9 Å². The van der Waals surface area contributed by atoms with Crippen LogP contribution in [0.15, 0.2) is 133 Å². The summed E-state index contributed by atoms with van der Waals surface area (Å²) < 4.78 is 0. The maximum atomic E-state index is 5.25. The maximum Gasteiger partial charge on any atom is 0.164 e. The van der Waals surface area contributed by atoms with Crippen molar-refractivity contribution in [2.75, 3.05) is 18.5 Å². The van der Waals surface area contributed by atoms with E-state index in [1.54, 1.807) is 0 Å². The van der Waals surface area contributed by atoms with Gasteiger partial charge in [-0.25, -0.2) is 15.0 Å². The number of fused-ring (bicyclic) bond motifs is 4. The number of likely N-dealkylation sites (N-methyl/N-ethyl adjacent to an activating group) is 1. The molecule has 0 bridgehead atoms. The fourth-order valence-corrected chi connectivity index (χ4v) is 7.97. The predicted octanol–water partition coefficient (Wildman–Crippen LogP) is 12.2. The predicted molar refractivity (Wildman–Crippen MR) is 223 cm³/mol. The van der Waals surface area contributed by atoms with E-state index in [0.29, 0.717) is 17.5 Å². The molecule has 1 aromatic heterocycles. The molecular formula is C49H40N4. The molecule has 1 aliphatic heterocycles. The van der Waals surface area contributed by atoms with E-state index in [-0.39, 0.29) is 0 Å². The lowest BCUT2D eigenvalue weighted by Gasteiger charge is -2.24. The third-order valence-electron chi connectivity index (χ3n) is 10.3. The molecule has 1 aliphatic rings. The Morgan fingerprint density at radius 1 is 0.453 bits per heavy atom. The number of rotatable bonds is 5. The van der Waals surface area contributed by atoms with Crippen molar-refractivity contribution in [3.05, 3.63) is 161 Å². The van der Waals surface area contributed by atoms with Crippen molar-refractivity contribution in [2.24, 2.45) is 0 Å². The number of anilines is 1. The zero-order chi connectivity index (χ0) is 36.2. The first-order valence-corrected chi connectivity index (χ1v) is 18.3. The van der Waals surface area contributed by atoms with Gasteiger partial charge in [-0.15, -0.1) is 0 Å². The summed E-state index contributed by atoms with van der Waals surface area (Å²) in [5, 5.41) is 4.92. The van der Waals surface area contributed by atoms with Crippen LogP contribution in [-0.4, -0.2) is 28.5 Å². The zero-order valence-electron chi connectivity index (χ0n) is 30.8. The van der Waals surface area contributed by atoms with Gasteiger partial charge in [0, 0.05) is 36.0 Å². The molecule has 0 radical (unpaired) electrons. The number of hydrogen-bond donors (Lipinski definition) is 0. The Labute approximate surface area is 311 Å². The number of hydrogen-bond acceptors (Lipinski definition) is 4. The van der Waals surface area contributed by atoms with Crippen LogP contribution >= 0.6 is 0 Å². The lowest BCUT2D eigenvalue weighted by Crippen LogP contribution is -2.20. The van der Waals surface area contributed by atoms with Crippen LogP contribution in [0.25, 0.3) is 84.0 Å². The molecule has 0 fully saturated rings. The molecule has 0 saturated heterocycles. The molecule has 0 spiro atoms. The van der Waals surface area contributed by atoms with Crippen LogP contribution in [0.4, 0.5) is 5.69 Å². The summed E-state index contributed by atoms with van der Waals surface area (Å²) in [6.45, 7) is 9.38. The molecule has 0 saturated carbocycles. The highest BCUT2D eigenvalue weighted by Gasteiger charge is 2.18. The highest BCUT2D eigenvalue weighted by molar-refractivity contribution is 6.14. The van der Waals surface area contributed by atoms with Gasteiger partial charge in [0.15, 0.2) is 17.5 Å². The molecule has 0 amide bonds. The minimum atomic E-state index is 0.648. The summed E-state index contributed by atoms with van der Waals surface area (Å²) in [6, 6.07) is 46.4. The molecule has 0 unspecified atom stereocenters. The van der Waals surface area contributed by atoms with Crippen LogP contribution in [0.3, 0.4) is 0 Å². The van der Waals surface area contributed by atoms with Crippen molar-refractivity contribution >= 4 is 33.3 Å². The van der Waals surface area contributed by atoms with Gasteiger partial charge in [-0.3, -0.25) is 0 Å². The summed E-state index contributed by atoms with van der Waals surface area (Å²) in [6.07, 6.45) is 4.43. The average molecular weight is 685 g/mol. The molecule has 4 heteroatoms. The first-order valence-electron chi connectivity index (χ1n) is 18.3. The Morgan fingerprint density at radius 3 is 1.62 bits per heavy atom. The van der Waals surface area contributed by atoms with E-state index >= 15 is 0 Å². The van der Waals surface area contributed by atoms with Crippen molar-refractivity contribution in [3.8, 4) is 56.4 Å². The maximum absolute atomic E-state index is 5.25. The van der Waals surface area contributed by atoms with E-state index in [4.69, 9.17) is 15.0 Å². The number of aryl methyl sites for hydroxylation is 4. The minimum Gasteiger partial charge on any atom is -0.370 e. The smallest absolute Gasteiger partial charge is 0.164 e. The summed E-state index contributed by atoms with van der Waals surface area (Å²) in [4.78, 5) is 17.9. The second-order valence-electron chi connectivity index (χ2n) is 14.6. The fraction of sp³-hybridized carbons (Fsp3) is 0.122. The zero-order valence-corrected chi connectivity index (χ0v) is 30.8. The monoisotopic (exact) mass is 684 g/mol. The standard InChI is InChI=1S/C49H40N4/c1-30-19-31(2)22-39(21-30)47-50-48(40-23-32(3)20-33(4)24-40)52-49(51-47)41-26-37(35-17-16-34-12-10-18-53(5)46(34)29-35)25-38(27-41)45-28-36-11-6-7-13-42(36)43-14-8-9-15-44(43)45/h6-17,19-29H,18H2,1-5H3. The Morgan fingerprint density at radius 2 is 0.981 bits per heavy atom. The van der Waals surface area contributed by atoms with Crippen LogP contribution in [0.5, 0.6) is 0 Å². The minimum absolute atomic E-state index is 0.648. The van der Waals surface area contributed by atoms with Gasteiger partial charge in [-0.1, -0.05) is 107 Å². The van der Waals surface area contributed by atoms with Gasteiger partial charge < -0.3 is 4.90 Å². The Hall–Kier alpha value is -6.39. The first kappa shape index (κ1) is 32.5. The number of benzene rings is 7. The van der Waals surface area contributed by atoms with Crippen molar-refractivity contribution in [1.82, 2.24) is 15.0 Å². The molecule has 8 aromatic rings. The van der Waals surface area contributed by atoms with Gasteiger partial charge in [0.2, 0.25) is 0 Å². The Bertz CT molecular complexity index is 2660. The summed E-state index contributed by atoms with van der Waals surface area (Å²) >= 11 is 0. The van der Waals surface area contributed by atoms with Crippen molar-refractivity contribution in [1.29, 1.82) is 0 Å². The van der Waals surface area contributed by atoms with Gasteiger partial charge in [-0.2, -0.15) is 0 Å². The van der Waals surface area contributed by atoms with E-state index in [9.17, 15) is 0 Å². The largest absolute Gasteiger partial charge is 0.370 e. The van der Waals surface area contributed by atoms with E-state index < -0.39 is 0 Å². The molecule has 0 N–H and O–H groups in total. The highest BCUT2D eigenvalue weighted by Crippen LogP contribution is 2.40. The van der Waals surface area contributed by atoms with E-state index in [0.717, 1.165) is 39.9 Å². The Kier molecular flexibility index (Phi) is 7.97. The van der Waals surface area contributed by atoms with Crippen LogP contribution in [0.1, 0.15) is 27.8 Å². The van der Waals surface area contributed by atoms with Crippen LogP contribution < -0.4 is 4.90 Å². The van der Waals surface area contributed by atoms with E-state index in [2.05, 4.69) is 179 Å². The van der Waals surface area contributed by atoms with E-state index in [1.165, 1.54) is 60.6 Å². The average Bonchev–Trinajstić information content (AvgIpc) is 3.16. The third-order valence-corrected chi connectivity index (χ3v) is 10.3. The SMILES string of the molecule is Cc1cc(C)cc(-c2nc(-c3cc(C)cc(C)c3)nc(-c3cc(-c4ccc5c(c4)N(C)CC=C5)cc(-c4cc5ccccc5c5ccccc45)c3)n2)c1. The molecule has 7 aromatic carbocycles. The van der Waals surface area contributed by atoms with E-state index in [1.807, 2.05) is 0 Å². The van der Waals surface area contributed by atoms with Crippen LogP contribution in [-0.2, 0) is 0 Å². The van der Waals surface area contributed by atoms with Gasteiger partial charge in [-0.05, 0) is 132 Å². The second-order valence-corrected chi connectivity index (χ2v) is 14.6. The first-order chi connectivity index (χ1) is 25.8. The van der Waals surface area contributed by atoms with Crippen molar-refractivity contribution in [3.63, 3.8) is 0 Å². The van der Waals surface area contributed by atoms with Gasteiger partial charge in [0.05, 0.1) is 0 Å². The van der Waals surface area contributed by atoms with Crippen LogP contribution in [0.2, 0.25) is 0 Å². The highest BCUT2D eigenvalue weighted by atomic mass is 15.1. The summed E-state index contributed by atoms with van der Waals surface area (Å²) in [5.41, 5.74) is 14.6. The number of aromatic nitrogens is 3. The van der Waals surface area contributed by atoms with Crippen molar-refractivity contribution < 1.29 is 0 Å². The Balaban J connectivity index is 1.33. The molecular weight excluding hydrogens is 645 g/mol. The summed E-state index contributed by atoms with van der Waals surface area (Å²) in [5.74, 6) is 1.98. The molecule has 2 heterocycles. The second kappa shape index (κ2) is 13.0. The molecule has 53 heavy (non-hydrogen) atoms. The van der Waals surface area contributed by atoms with Gasteiger partial charge >= 0.3 is 0 Å². The lowest BCUT2D eigenvalue weighted by molar-refractivity contribution is 1.02. The molecule has 9 rings (SSSR count). The van der Waals surface area contributed by atoms with Gasteiger partial charge in [0.1, 0.15) is 0 Å². The molecule has 0 atom stereocenters. The molecule has 0 aliphatic carbocycles.